The Labute approximate surface area is 166 Å². The molecular weight excluding hydrogens is 393 g/mol. The molecular formula is C18H17Cl2N3O4. The van der Waals surface area contributed by atoms with Gasteiger partial charge in [-0.3, -0.25) is 14.9 Å². The summed E-state index contributed by atoms with van der Waals surface area (Å²) in [7, 11) is 1.60. The fourth-order valence-electron chi connectivity index (χ4n) is 3.07. The lowest BCUT2D eigenvalue weighted by Gasteiger charge is -2.22. The van der Waals surface area contributed by atoms with E-state index in [2.05, 4.69) is 10.2 Å². The number of anilines is 1. The molecule has 7 nitrogen and oxygen atoms in total. The van der Waals surface area contributed by atoms with Crippen LogP contribution >= 0.6 is 23.2 Å². The van der Waals surface area contributed by atoms with Gasteiger partial charge in [-0.05, 0) is 30.7 Å². The van der Waals surface area contributed by atoms with Gasteiger partial charge in [0.2, 0.25) is 0 Å². The Kier molecular flexibility index (Phi) is 5.72. The number of ether oxygens (including phenoxy) is 1. The van der Waals surface area contributed by atoms with Crippen LogP contribution < -0.4 is 15.0 Å². The molecule has 0 aromatic heterocycles. The van der Waals surface area contributed by atoms with Crippen LogP contribution in [0, 0.1) is 10.1 Å². The quantitative estimate of drug-likeness (QED) is 0.597. The standard InChI is InChI=1S/C18H17Cl2N3O4/c1-27-17-5-2-11(19)8-16(17)22-7-6-12(10-22)21-18(24)14-4-3-13(23(25)26)9-15(14)20/h2-5,8-9,12H,6-7,10H2,1H3,(H,21,24). The van der Waals surface area contributed by atoms with Crippen molar-refractivity contribution < 1.29 is 14.5 Å². The zero-order valence-corrected chi connectivity index (χ0v) is 16.0. The lowest BCUT2D eigenvalue weighted by atomic mass is 10.1. The molecule has 1 aliphatic rings. The van der Waals surface area contributed by atoms with E-state index in [0.29, 0.717) is 17.3 Å². The van der Waals surface area contributed by atoms with Gasteiger partial charge in [0, 0.05) is 36.3 Å². The van der Waals surface area contributed by atoms with Gasteiger partial charge < -0.3 is 15.0 Å². The molecule has 1 heterocycles. The number of amides is 1. The molecule has 3 rings (SSSR count). The normalized spacial score (nSPS) is 16.3. The molecule has 1 unspecified atom stereocenters. The number of nitrogens with one attached hydrogen (secondary N) is 1. The first-order valence-electron chi connectivity index (χ1n) is 8.22. The second-order valence-electron chi connectivity index (χ2n) is 6.14. The van der Waals surface area contributed by atoms with Crippen LogP contribution in [0.3, 0.4) is 0 Å². The monoisotopic (exact) mass is 409 g/mol. The fourth-order valence-corrected chi connectivity index (χ4v) is 3.50. The highest BCUT2D eigenvalue weighted by atomic mass is 35.5. The van der Waals surface area contributed by atoms with Crippen LogP contribution in [0.15, 0.2) is 36.4 Å². The van der Waals surface area contributed by atoms with Crippen molar-refractivity contribution in [3.05, 3.63) is 62.1 Å². The Morgan fingerprint density at radius 2 is 2.07 bits per heavy atom. The average molecular weight is 410 g/mol. The van der Waals surface area contributed by atoms with Crippen LogP contribution in [0.2, 0.25) is 10.0 Å². The molecule has 0 aliphatic carbocycles. The van der Waals surface area contributed by atoms with E-state index in [4.69, 9.17) is 27.9 Å². The molecule has 2 aromatic rings. The first-order valence-corrected chi connectivity index (χ1v) is 8.98. The predicted octanol–water partition coefficient (Wildman–Crippen LogP) is 3.92. The second kappa shape index (κ2) is 8.02. The number of nitro groups is 1. The summed E-state index contributed by atoms with van der Waals surface area (Å²) in [6.07, 6.45) is 0.742. The van der Waals surface area contributed by atoms with Crippen molar-refractivity contribution in [3.8, 4) is 5.75 Å². The zero-order chi connectivity index (χ0) is 19.6. The maximum absolute atomic E-state index is 12.5. The van der Waals surface area contributed by atoms with Crippen LogP contribution in [0.1, 0.15) is 16.8 Å². The van der Waals surface area contributed by atoms with Crippen LogP contribution in [0.25, 0.3) is 0 Å². The van der Waals surface area contributed by atoms with E-state index in [0.717, 1.165) is 18.7 Å². The smallest absolute Gasteiger partial charge is 0.270 e. The highest BCUT2D eigenvalue weighted by molar-refractivity contribution is 6.34. The van der Waals surface area contributed by atoms with Gasteiger partial charge in [-0.2, -0.15) is 0 Å². The lowest BCUT2D eigenvalue weighted by Crippen LogP contribution is -2.37. The van der Waals surface area contributed by atoms with Gasteiger partial charge in [0.05, 0.1) is 28.3 Å². The van der Waals surface area contributed by atoms with Gasteiger partial charge in [0.1, 0.15) is 5.75 Å². The minimum atomic E-state index is -0.555. The maximum atomic E-state index is 12.5. The maximum Gasteiger partial charge on any atom is 0.270 e. The second-order valence-corrected chi connectivity index (χ2v) is 6.99. The molecule has 0 saturated carbocycles. The van der Waals surface area contributed by atoms with E-state index in [1.54, 1.807) is 19.2 Å². The minimum absolute atomic E-state index is 0.0491. The molecule has 0 bridgehead atoms. The molecule has 142 valence electrons. The summed E-state index contributed by atoms with van der Waals surface area (Å²) in [5.74, 6) is 0.351. The summed E-state index contributed by atoms with van der Waals surface area (Å²) in [6.45, 7) is 1.32. The first-order chi connectivity index (χ1) is 12.9. The van der Waals surface area contributed by atoms with Crippen molar-refractivity contribution in [2.24, 2.45) is 0 Å². The van der Waals surface area contributed by atoms with Gasteiger partial charge in [0.15, 0.2) is 0 Å². The van der Waals surface area contributed by atoms with Crippen molar-refractivity contribution in [2.45, 2.75) is 12.5 Å². The molecule has 27 heavy (non-hydrogen) atoms. The van der Waals surface area contributed by atoms with Crippen molar-refractivity contribution >= 4 is 40.5 Å². The van der Waals surface area contributed by atoms with Gasteiger partial charge in [-0.25, -0.2) is 0 Å². The minimum Gasteiger partial charge on any atom is -0.495 e. The summed E-state index contributed by atoms with van der Waals surface area (Å²) < 4.78 is 5.38. The molecule has 1 N–H and O–H groups in total. The third kappa shape index (κ3) is 4.26. The largest absolute Gasteiger partial charge is 0.495 e. The molecule has 9 heteroatoms. The number of carbonyl (C=O) groups is 1. The number of nitro benzene ring substituents is 1. The van der Waals surface area contributed by atoms with Gasteiger partial charge >= 0.3 is 0 Å². The number of non-ortho nitro benzene ring substituents is 1. The van der Waals surface area contributed by atoms with E-state index < -0.39 is 4.92 Å². The third-order valence-corrected chi connectivity index (χ3v) is 4.96. The summed E-state index contributed by atoms with van der Waals surface area (Å²) in [5, 5.41) is 14.4. The summed E-state index contributed by atoms with van der Waals surface area (Å²) >= 11 is 12.1. The van der Waals surface area contributed by atoms with Gasteiger partial charge in [-0.1, -0.05) is 23.2 Å². The van der Waals surface area contributed by atoms with Crippen molar-refractivity contribution in [1.82, 2.24) is 5.32 Å². The Morgan fingerprint density at radius 3 is 2.74 bits per heavy atom. The highest BCUT2D eigenvalue weighted by Crippen LogP contribution is 2.33. The molecule has 1 aliphatic heterocycles. The number of methoxy groups -OCH3 is 1. The molecule has 1 fully saturated rings. The number of halogens is 2. The number of carbonyl (C=O) groups excluding carboxylic acids is 1. The van der Waals surface area contributed by atoms with Crippen LogP contribution in [-0.2, 0) is 0 Å². The molecule has 1 saturated heterocycles. The Bertz CT molecular complexity index is 891. The van der Waals surface area contributed by atoms with Crippen LogP contribution in [0.5, 0.6) is 5.75 Å². The number of hydrogen-bond acceptors (Lipinski definition) is 5. The zero-order valence-electron chi connectivity index (χ0n) is 14.4. The number of benzene rings is 2. The number of hydrogen-bond donors (Lipinski definition) is 1. The summed E-state index contributed by atoms with van der Waals surface area (Å²) in [4.78, 5) is 24.8. The predicted molar refractivity (Wildman–Crippen MR) is 104 cm³/mol. The van der Waals surface area contributed by atoms with E-state index in [1.165, 1.54) is 18.2 Å². The SMILES string of the molecule is COc1ccc(Cl)cc1N1CCC(NC(=O)c2ccc([N+](=O)[O-])cc2Cl)C1. The van der Waals surface area contributed by atoms with E-state index in [-0.39, 0.29) is 28.2 Å². The van der Waals surface area contributed by atoms with E-state index >= 15 is 0 Å². The summed E-state index contributed by atoms with van der Waals surface area (Å²) in [6, 6.07) is 9.11. The highest BCUT2D eigenvalue weighted by Gasteiger charge is 2.27. The third-order valence-electron chi connectivity index (χ3n) is 4.41. The van der Waals surface area contributed by atoms with Crippen LogP contribution in [-0.4, -0.2) is 37.1 Å². The van der Waals surface area contributed by atoms with E-state index in [9.17, 15) is 14.9 Å². The Balaban J connectivity index is 1.69. The van der Waals surface area contributed by atoms with Crippen molar-refractivity contribution in [3.63, 3.8) is 0 Å². The van der Waals surface area contributed by atoms with Gasteiger partial charge in [-0.15, -0.1) is 0 Å². The summed E-state index contributed by atoms with van der Waals surface area (Å²) in [5.41, 5.74) is 0.924. The topological polar surface area (TPSA) is 84.7 Å². The first kappa shape index (κ1) is 19.3. The van der Waals surface area contributed by atoms with Gasteiger partial charge in [0.25, 0.3) is 11.6 Å². The average Bonchev–Trinajstić information content (AvgIpc) is 3.09. The Morgan fingerprint density at radius 1 is 1.30 bits per heavy atom. The molecule has 0 spiro atoms. The number of nitrogens with zero attached hydrogens (tertiary/aromatic N) is 2. The lowest BCUT2D eigenvalue weighted by molar-refractivity contribution is -0.384. The fraction of sp³-hybridized carbons (Fsp3) is 0.278. The number of rotatable bonds is 5. The van der Waals surface area contributed by atoms with Crippen molar-refractivity contribution in [1.29, 1.82) is 0 Å². The van der Waals surface area contributed by atoms with E-state index in [1.807, 2.05) is 6.07 Å². The molecule has 0 radical (unpaired) electrons. The molecule has 2 aromatic carbocycles. The van der Waals surface area contributed by atoms with Crippen molar-refractivity contribution in [2.75, 3.05) is 25.1 Å². The molecule has 1 amide bonds. The molecule has 1 atom stereocenters. The van der Waals surface area contributed by atoms with Crippen LogP contribution in [0.4, 0.5) is 11.4 Å². The Hall–Kier alpha value is -2.51.